The number of esters is 1. The van der Waals surface area contributed by atoms with Crippen molar-refractivity contribution >= 4 is 27.6 Å². The van der Waals surface area contributed by atoms with E-state index in [1.165, 1.54) is 31.0 Å². The highest BCUT2D eigenvalue weighted by atomic mass is 32.2. The van der Waals surface area contributed by atoms with Crippen molar-refractivity contribution in [2.45, 2.75) is 61.7 Å². The van der Waals surface area contributed by atoms with E-state index in [0.29, 0.717) is 11.6 Å². The maximum Gasteiger partial charge on any atom is 0.316 e. The first-order valence-electron chi connectivity index (χ1n) is 9.76. The molecule has 7 nitrogen and oxygen atoms in total. The number of rotatable bonds is 5. The van der Waals surface area contributed by atoms with E-state index >= 15 is 0 Å². The SMILES string of the molecule is O=C(CSc1nnc(C23CC4CC(CC(C4)C2)C3)o1)O[C@@H]1CCS(=O)(=O)C1. The predicted octanol–water partition coefficient (Wildman–Crippen LogP) is 2.36. The van der Waals surface area contributed by atoms with Crippen LogP contribution in [-0.4, -0.2) is 47.9 Å². The largest absolute Gasteiger partial charge is 0.461 e. The van der Waals surface area contributed by atoms with Crippen molar-refractivity contribution in [3.8, 4) is 0 Å². The summed E-state index contributed by atoms with van der Waals surface area (Å²) in [7, 11) is -3.05. The molecule has 0 spiro atoms. The highest BCUT2D eigenvalue weighted by molar-refractivity contribution is 7.99. The zero-order chi connectivity index (χ0) is 18.6. The second-order valence-corrected chi connectivity index (χ2v) is 12.0. The third-order valence-corrected chi connectivity index (χ3v) is 9.23. The number of hydrogen-bond donors (Lipinski definition) is 0. The highest BCUT2D eigenvalue weighted by Crippen LogP contribution is 2.60. The third-order valence-electron chi connectivity index (χ3n) is 6.70. The number of carbonyl (C=O) groups excluding carboxylic acids is 1. The third kappa shape index (κ3) is 3.52. The number of hydrogen-bond acceptors (Lipinski definition) is 8. The number of thioether (sulfide) groups is 1. The molecule has 0 amide bonds. The molecule has 6 rings (SSSR count). The highest BCUT2D eigenvalue weighted by Gasteiger charge is 2.54. The molecule has 1 aromatic rings. The minimum Gasteiger partial charge on any atom is -0.461 e. The summed E-state index contributed by atoms with van der Waals surface area (Å²) >= 11 is 1.17. The molecular formula is C18H24N2O5S2. The van der Waals surface area contributed by atoms with Gasteiger partial charge in [-0.2, -0.15) is 0 Å². The summed E-state index contributed by atoms with van der Waals surface area (Å²) in [6, 6.07) is 0. The van der Waals surface area contributed by atoms with E-state index in [1.807, 2.05) is 0 Å². The summed E-state index contributed by atoms with van der Waals surface area (Å²) in [6.45, 7) is 0. The van der Waals surface area contributed by atoms with Crippen molar-refractivity contribution in [2.24, 2.45) is 17.8 Å². The maximum absolute atomic E-state index is 12.0. The standard InChI is InChI=1S/C18H24N2O5S2/c21-15(24-14-1-2-27(22,23)10-14)9-26-17-20-19-16(25-17)18-6-11-3-12(7-18)5-13(4-11)8-18/h11-14H,1-10H2/t11?,12?,13?,14-,18?/m1/s1. The molecule has 0 N–H and O–H groups in total. The Bertz CT molecular complexity index is 814. The molecule has 4 bridgehead atoms. The Morgan fingerprint density at radius 1 is 1.15 bits per heavy atom. The minimum atomic E-state index is -3.05. The zero-order valence-corrected chi connectivity index (χ0v) is 16.8. The molecular weight excluding hydrogens is 388 g/mol. The fraction of sp³-hybridized carbons (Fsp3) is 0.833. The lowest BCUT2D eigenvalue weighted by atomic mass is 9.49. The average molecular weight is 413 g/mol. The van der Waals surface area contributed by atoms with Gasteiger partial charge in [-0.15, -0.1) is 10.2 Å². The summed E-state index contributed by atoms with van der Waals surface area (Å²) in [5.41, 5.74) is 0.0548. The topological polar surface area (TPSA) is 99.4 Å². The summed E-state index contributed by atoms with van der Waals surface area (Å²) in [5, 5.41) is 8.88. The van der Waals surface area contributed by atoms with Gasteiger partial charge in [0.1, 0.15) is 11.9 Å². The van der Waals surface area contributed by atoms with Crippen molar-refractivity contribution in [1.29, 1.82) is 0 Å². The Morgan fingerprint density at radius 3 is 2.41 bits per heavy atom. The number of nitrogens with zero attached hydrogens (tertiary/aromatic N) is 2. The maximum atomic E-state index is 12.0. The first-order valence-corrected chi connectivity index (χ1v) is 12.6. The van der Waals surface area contributed by atoms with Gasteiger partial charge in [0.15, 0.2) is 9.84 Å². The second-order valence-electron chi connectivity index (χ2n) is 8.87. The van der Waals surface area contributed by atoms with Crippen LogP contribution in [0.3, 0.4) is 0 Å². The van der Waals surface area contributed by atoms with Gasteiger partial charge in [-0.1, -0.05) is 11.8 Å². The zero-order valence-electron chi connectivity index (χ0n) is 15.1. The van der Waals surface area contributed by atoms with Crippen LogP contribution in [0.5, 0.6) is 0 Å². The van der Waals surface area contributed by atoms with Crippen LogP contribution in [0.1, 0.15) is 50.8 Å². The summed E-state index contributed by atoms with van der Waals surface area (Å²) in [4.78, 5) is 12.0. The van der Waals surface area contributed by atoms with E-state index in [0.717, 1.165) is 42.9 Å². The normalized spacial score (nSPS) is 39.0. The van der Waals surface area contributed by atoms with E-state index in [2.05, 4.69) is 10.2 Å². The average Bonchev–Trinajstić information content (AvgIpc) is 3.18. The second kappa shape index (κ2) is 6.47. The molecule has 2 heterocycles. The first kappa shape index (κ1) is 18.0. The van der Waals surface area contributed by atoms with Crippen LogP contribution < -0.4 is 0 Å². The van der Waals surface area contributed by atoms with Gasteiger partial charge in [0.2, 0.25) is 5.89 Å². The molecule has 1 aromatic heterocycles. The van der Waals surface area contributed by atoms with Crippen molar-refractivity contribution in [2.75, 3.05) is 17.3 Å². The van der Waals surface area contributed by atoms with E-state index < -0.39 is 21.9 Å². The lowest BCUT2D eigenvalue weighted by Crippen LogP contribution is -2.48. The summed E-state index contributed by atoms with van der Waals surface area (Å²) in [5.74, 6) is 2.80. The van der Waals surface area contributed by atoms with Gasteiger partial charge in [-0.05, 0) is 62.7 Å². The van der Waals surface area contributed by atoms with Gasteiger partial charge in [0.25, 0.3) is 5.22 Å². The first-order chi connectivity index (χ1) is 12.9. The molecule has 1 saturated heterocycles. The lowest BCUT2D eigenvalue weighted by molar-refractivity contribution is -0.144. The van der Waals surface area contributed by atoms with Gasteiger partial charge in [0.05, 0.1) is 11.5 Å². The molecule has 0 radical (unpaired) electrons. The fourth-order valence-corrected chi connectivity index (χ4v) is 8.19. The van der Waals surface area contributed by atoms with Crippen molar-refractivity contribution < 1.29 is 22.4 Å². The minimum absolute atomic E-state index is 0.0546. The Kier molecular flexibility index (Phi) is 4.31. The van der Waals surface area contributed by atoms with Crippen LogP contribution >= 0.6 is 11.8 Å². The number of carbonyl (C=O) groups is 1. The van der Waals surface area contributed by atoms with Gasteiger partial charge in [-0.25, -0.2) is 8.42 Å². The molecule has 4 aliphatic carbocycles. The van der Waals surface area contributed by atoms with Gasteiger partial charge < -0.3 is 9.15 Å². The van der Waals surface area contributed by atoms with Crippen LogP contribution in [0, 0.1) is 17.8 Å². The Morgan fingerprint density at radius 2 is 1.81 bits per heavy atom. The Hall–Kier alpha value is -1.09. The predicted molar refractivity (Wildman–Crippen MR) is 98.0 cm³/mol. The fourth-order valence-electron chi connectivity index (χ4n) is 6.05. The molecule has 1 aliphatic heterocycles. The van der Waals surface area contributed by atoms with Crippen molar-refractivity contribution in [3.05, 3.63) is 5.89 Å². The number of ether oxygens (including phenoxy) is 1. The molecule has 9 heteroatoms. The van der Waals surface area contributed by atoms with Crippen LogP contribution in [0.4, 0.5) is 0 Å². The van der Waals surface area contributed by atoms with E-state index in [1.54, 1.807) is 0 Å². The van der Waals surface area contributed by atoms with Crippen LogP contribution in [0.15, 0.2) is 9.64 Å². The van der Waals surface area contributed by atoms with E-state index in [9.17, 15) is 13.2 Å². The number of aromatic nitrogens is 2. The monoisotopic (exact) mass is 412 g/mol. The summed E-state index contributed by atoms with van der Waals surface area (Å²) in [6.07, 6.45) is 7.41. The lowest BCUT2D eigenvalue weighted by Gasteiger charge is -2.55. The van der Waals surface area contributed by atoms with E-state index in [4.69, 9.17) is 9.15 Å². The smallest absolute Gasteiger partial charge is 0.316 e. The van der Waals surface area contributed by atoms with Gasteiger partial charge >= 0.3 is 5.97 Å². The molecule has 0 aromatic carbocycles. The molecule has 1 atom stereocenters. The number of sulfone groups is 1. The van der Waals surface area contributed by atoms with Gasteiger partial charge in [0, 0.05) is 5.41 Å². The molecule has 5 aliphatic rings. The molecule has 27 heavy (non-hydrogen) atoms. The Balaban J connectivity index is 1.19. The quantitative estimate of drug-likeness (QED) is 0.537. The molecule has 5 fully saturated rings. The Labute approximate surface area is 162 Å². The van der Waals surface area contributed by atoms with Crippen molar-refractivity contribution in [3.63, 3.8) is 0 Å². The van der Waals surface area contributed by atoms with Crippen molar-refractivity contribution in [1.82, 2.24) is 10.2 Å². The van der Waals surface area contributed by atoms with Gasteiger partial charge in [-0.3, -0.25) is 4.79 Å². The molecule has 4 saturated carbocycles. The molecule has 148 valence electrons. The van der Waals surface area contributed by atoms with E-state index in [-0.39, 0.29) is 22.7 Å². The molecule has 0 unspecified atom stereocenters. The van der Waals surface area contributed by atoms with Crippen LogP contribution in [0.2, 0.25) is 0 Å². The van der Waals surface area contributed by atoms with Crippen LogP contribution in [-0.2, 0) is 24.8 Å². The summed E-state index contributed by atoms with van der Waals surface area (Å²) < 4.78 is 34.1. The van der Waals surface area contributed by atoms with Crippen LogP contribution in [0.25, 0.3) is 0 Å².